The third-order valence-electron chi connectivity index (χ3n) is 4.13. The van der Waals surface area contributed by atoms with E-state index in [0.29, 0.717) is 5.92 Å². The molecule has 0 fully saturated rings. The second-order valence-corrected chi connectivity index (χ2v) is 12.0. The van der Waals surface area contributed by atoms with E-state index in [1.165, 1.54) is 0 Å². The van der Waals surface area contributed by atoms with Crippen LogP contribution in [0.3, 0.4) is 0 Å². The van der Waals surface area contributed by atoms with Crippen molar-refractivity contribution in [1.82, 2.24) is 0 Å². The number of allylic oxidation sites excluding steroid dienone is 3. The van der Waals surface area contributed by atoms with Crippen LogP contribution in [-0.4, -0.2) is 21.2 Å². The van der Waals surface area contributed by atoms with Crippen LogP contribution in [0.2, 0.25) is 18.1 Å². The highest BCUT2D eigenvalue weighted by Crippen LogP contribution is 2.36. The van der Waals surface area contributed by atoms with Crippen LogP contribution in [0.15, 0.2) is 23.3 Å². The molecular formula is C17H32O2Si. The molecule has 116 valence electrons. The number of rotatable bonds is 7. The lowest BCUT2D eigenvalue weighted by molar-refractivity contribution is -0.104. The molecule has 0 amide bonds. The fourth-order valence-electron chi connectivity index (χ4n) is 1.63. The van der Waals surface area contributed by atoms with Crippen molar-refractivity contribution in [3.63, 3.8) is 0 Å². The summed E-state index contributed by atoms with van der Waals surface area (Å²) in [5, 5.41) is 0.248. The van der Waals surface area contributed by atoms with Crippen molar-refractivity contribution >= 4 is 14.6 Å². The third-order valence-corrected chi connectivity index (χ3v) is 8.63. The molecule has 0 aromatic carbocycles. The van der Waals surface area contributed by atoms with Gasteiger partial charge in [0.2, 0.25) is 0 Å². The van der Waals surface area contributed by atoms with Crippen molar-refractivity contribution in [3.05, 3.63) is 23.3 Å². The first-order valence-corrected chi connectivity index (χ1v) is 10.4. The van der Waals surface area contributed by atoms with Gasteiger partial charge in [-0.05, 0) is 49.9 Å². The summed E-state index contributed by atoms with van der Waals surface area (Å²) in [5.74, 6) is 0.417. The molecule has 3 heteroatoms. The molecule has 0 bridgehead atoms. The second kappa shape index (κ2) is 7.94. The minimum absolute atomic E-state index is 0.248. The molecule has 0 radical (unpaired) electrons. The highest BCUT2D eigenvalue weighted by atomic mass is 28.4. The van der Waals surface area contributed by atoms with Crippen molar-refractivity contribution in [2.24, 2.45) is 5.92 Å². The van der Waals surface area contributed by atoms with Crippen LogP contribution in [-0.2, 0) is 9.22 Å². The molecule has 1 unspecified atom stereocenters. The van der Waals surface area contributed by atoms with Crippen LogP contribution in [0.1, 0.15) is 48.0 Å². The number of aldehydes is 1. The summed E-state index contributed by atoms with van der Waals surface area (Å²) in [6.45, 7) is 18.2. The molecule has 0 N–H and O–H groups in total. The van der Waals surface area contributed by atoms with Crippen LogP contribution in [0, 0.1) is 5.92 Å². The number of hydrogen-bond donors (Lipinski definition) is 0. The second-order valence-electron chi connectivity index (χ2n) is 7.16. The molecule has 20 heavy (non-hydrogen) atoms. The van der Waals surface area contributed by atoms with Gasteiger partial charge in [0.05, 0.1) is 0 Å². The largest absolute Gasteiger partial charge is 0.416 e. The average molecular weight is 297 g/mol. The Kier molecular flexibility index (Phi) is 7.67. The topological polar surface area (TPSA) is 26.3 Å². The molecule has 0 aliphatic rings. The minimum Gasteiger partial charge on any atom is -0.416 e. The Labute approximate surface area is 126 Å². The van der Waals surface area contributed by atoms with Gasteiger partial charge in [0.1, 0.15) is 6.29 Å². The summed E-state index contributed by atoms with van der Waals surface area (Å²) in [6.07, 6.45) is 6.10. The predicted molar refractivity (Wildman–Crippen MR) is 90.5 cm³/mol. The molecular weight excluding hydrogens is 264 g/mol. The number of carbonyl (C=O) groups excluding carboxylic acids is 1. The normalized spacial score (nSPS) is 16.2. The van der Waals surface area contributed by atoms with E-state index in [-0.39, 0.29) is 5.04 Å². The van der Waals surface area contributed by atoms with Gasteiger partial charge >= 0.3 is 0 Å². The first kappa shape index (κ1) is 19.3. The summed E-state index contributed by atoms with van der Waals surface area (Å²) >= 11 is 0. The maximum atomic E-state index is 10.6. The summed E-state index contributed by atoms with van der Waals surface area (Å²) in [4.78, 5) is 10.6. The average Bonchev–Trinajstić information content (AvgIpc) is 2.32. The monoisotopic (exact) mass is 296 g/mol. The van der Waals surface area contributed by atoms with E-state index in [9.17, 15) is 4.79 Å². The van der Waals surface area contributed by atoms with Gasteiger partial charge in [0.25, 0.3) is 0 Å². The molecule has 0 aromatic rings. The van der Waals surface area contributed by atoms with Crippen molar-refractivity contribution in [3.8, 4) is 0 Å². The first-order chi connectivity index (χ1) is 9.03. The zero-order chi connectivity index (χ0) is 16.0. The van der Waals surface area contributed by atoms with Gasteiger partial charge in [0.15, 0.2) is 8.32 Å². The van der Waals surface area contributed by atoms with Crippen molar-refractivity contribution < 1.29 is 9.22 Å². The highest BCUT2D eigenvalue weighted by Gasteiger charge is 2.37. The summed E-state index contributed by atoms with van der Waals surface area (Å²) in [7, 11) is -1.67. The molecule has 2 nitrogen and oxygen atoms in total. The molecule has 0 aliphatic carbocycles. The zero-order valence-corrected chi connectivity index (χ0v) is 15.5. The maximum absolute atomic E-state index is 10.6. The van der Waals surface area contributed by atoms with E-state index < -0.39 is 8.32 Å². The third kappa shape index (κ3) is 6.66. The zero-order valence-electron chi connectivity index (χ0n) is 14.5. The highest BCUT2D eigenvalue weighted by molar-refractivity contribution is 6.74. The van der Waals surface area contributed by atoms with Gasteiger partial charge < -0.3 is 4.43 Å². The van der Waals surface area contributed by atoms with E-state index >= 15 is 0 Å². The molecule has 0 saturated carbocycles. The lowest BCUT2D eigenvalue weighted by atomic mass is 10.0. The van der Waals surface area contributed by atoms with Gasteiger partial charge in [-0.3, -0.25) is 4.79 Å². The smallest absolute Gasteiger partial charge is 0.192 e. The molecule has 0 spiro atoms. The van der Waals surface area contributed by atoms with Crippen LogP contribution < -0.4 is 0 Å². The van der Waals surface area contributed by atoms with Crippen LogP contribution in [0.25, 0.3) is 0 Å². The Morgan fingerprint density at radius 3 is 2.15 bits per heavy atom. The fraction of sp³-hybridized carbons (Fsp3) is 0.706. The number of carbonyl (C=O) groups is 1. The molecule has 0 aromatic heterocycles. The lowest BCUT2D eigenvalue weighted by Gasteiger charge is -2.37. The van der Waals surface area contributed by atoms with Gasteiger partial charge in [-0.2, -0.15) is 0 Å². The van der Waals surface area contributed by atoms with E-state index in [1.54, 1.807) is 0 Å². The van der Waals surface area contributed by atoms with E-state index in [1.807, 2.05) is 19.9 Å². The van der Waals surface area contributed by atoms with Crippen LogP contribution in [0.4, 0.5) is 0 Å². The summed E-state index contributed by atoms with van der Waals surface area (Å²) in [5.41, 5.74) is 1.90. The van der Waals surface area contributed by atoms with Gasteiger partial charge in [-0.15, -0.1) is 0 Å². The molecule has 0 aliphatic heterocycles. The van der Waals surface area contributed by atoms with Crippen LogP contribution >= 0.6 is 0 Å². The Morgan fingerprint density at radius 2 is 1.75 bits per heavy atom. The van der Waals surface area contributed by atoms with Gasteiger partial charge in [0, 0.05) is 6.61 Å². The predicted octanol–water partition coefficient (Wildman–Crippen LogP) is 5.13. The Morgan fingerprint density at radius 1 is 1.20 bits per heavy atom. The van der Waals surface area contributed by atoms with E-state index in [2.05, 4.69) is 46.9 Å². The summed E-state index contributed by atoms with van der Waals surface area (Å²) in [6, 6.07) is 0. The molecule has 0 rings (SSSR count). The fourth-order valence-corrected chi connectivity index (χ4v) is 2.69. The Balaban J connectivity index is 4.74. The van der Waals surface area contributed by atoms with Crippen molar-refractivity contribution in [2.75, 3.05) is 6.61 Å². The SMILES string of the molecule is CCC(/C=C(C)/C=C(\C)C=O)CO[Si](C)(C)C(C)(C)C. The molecule has 0 saturated heterocycles. The van der Waals surface area contributed by atoms with Crippen LogP contribution in [0.5, 0.6) is 0 Å². The maximum Gasteiger partial charge on any atom is 0.192 e. The Bertz CT molecular complexity index is 373. The van der Waals surface area contributed by atoms with Crippen molar-refractivity contribution in [2.45, 2.75) is 66.1 Å². The van der Waals surface area contributed by atoms with E-state index in [0.717, 1.165) is 30.5 Å². The quantitative estimate of drug-likeness (QED) is 0.282. The van der Waals surface area contributed by atoms with Gasteiger partial charge in [-0.1, -0.05) is 45.4 Å². The molecule has 0 heterocycles. The first-order valence-electron chi connectivity index (χ1n) is 7.49. The van der Waals surface area contributed by atoms with Gasteiger partial charge in [-0.25, -0.2) is 0 Å². The minimum atomic E-state index is -1.67. The number of hydrogen-bond acceptors (Lipinski definition) is 2. The lowest BCUT2D eigenvalue weighted by Crippen LogP contribution is -2.41. The van der Waals surface area contributed by atoms with Crippen molar-refractivity contribution in [1.29, 1.82) is 0 Å². The molecule has 1 atom stereocenters. The summed E-state index contributed by atoms with van der Waals surface area (Å²) < 4.78 is 6.28. The Hall–Kier alpha value is -0.673. The van der Waals surface area contributed by atoms with E-state index in [4.69, 9.17) is 4.43 Å². The standard InChI is InChI=1S/C17H32O2Si/c1-9-16(11-14(2)10-15(3)12-18)13-19-20(7,8)17(4,5)6/h10-12,16H,9,13H2,1-8H3/b14-11+,15-10+.